The predicted molar refractivity (Wildman–Crippen MR) is 106 cm³/mol. The number of aromatic nitrogens is 3. The average Bonchev–Trinajstić information content (AvgIpc) is 3.16. The minimum atomic E-state index is 0.594. The van der Waals surface area contributed by atoms with E-state index < -0.39 is 0 Å². The van der Waals surface area contributed by atoms with Gasteiger partial charge in [0.05, 0.1) is 13.7 Å². The first kappa shape index (κ1) is 20.7. The summed E-state index contributed by atoms with van der Waals surface area (Å²) in [4.78, 5) is 4.68. The molecule has 2 N–H and O–H groups in total. The maximum atomic E-state index is 5.19. The lowest BCUT2D eigenvalue weighted by atomic mass is 10.2. The van der Waals surface area contributed by atoms with Crippen LogP contribution in [-0.4, -0.2) is 54.6 Å². The monoisotopic (exact) mass is 374 g/mol. The average molecular weight is 374 g/mol. The normalized spacial score (nSPS) is 11.4. The zero-order chi connectivity index (χ0) is 19.3. The summed E-state index contributed by atoms with van der Waals surface area (Å²) in [7, 11) is 3.38. The topological polar surface area (TPSA) is 85.6 Å². The molecule has 0 atom stereocenters. The molecule has 2 aromatic rings. The van der Waals surface area contributed by atoms with Gasteiger partial charge < -0.3 is 24.7 Å². The van der Waals surface area contributed by atoms with E-state index in [0.717, 1.165) is 62.2 Å². The van der Waals surface area contributed by atoms with Crippen LogP contribution in [0.1, 0.15) is 24.7 Å². The molecular weight excluding hydrogens is 344 g/mol. The third-order valence-electron chi connectivity index (χ3n) is 4.05. The molecule has 1 heterocycles. The van der Waals surface area contributed by atoms with Gasteiger partial charge in [0, 0.05) is 39.8 Å². The molecule has 8 nitrogen and oxygen atoms in total. The number of ether oxygens (including phenoxy) is 2. The molecule has 2 rings (SSSR count). The highest BCUT2D eigenvalue weighted by atomic mass is 16.5. The highest BCUT2D eigenvalue weighted by Crippen LogP contribution is 2.11. The summed E-state index contributed by atoms with van der Waals surface area (Å²) in [5.41, 5.74) is 1.13. The Morgan fingerprint density at radius 3 is 2.63 bits per heavy atom. The number of benzene rings is 1. The van der Waals surface area contributed by atoms with Gasteiger partial charge in [-0.05, 0) is 24.1 Å². The Bertz CT molecular complexity index is 684. The first-order valence-electron chi connectivity index (χ1n) is 9.27. The summed E-state index contributed by atoms with van der Waals surface area (Å²) < 4.78 is 12.3. The van der Waals surface area contributed by atoms with Crippen LogP contribution in [0.4, 0.5) is 0 Å². The number of nitrogens with one attached hydrogen (secondary N) is 2. The molecule has 1 aromatic heterocycles. The van der Waals surface area contributed by atoms with E-state index in [4.69, 9.17) is 9.47 Å². The molecule has 148 valence electrons. The van der Waals surface area contributed by atoms with E-state index in [1.165, 1.54) is 0 Å². The molecule has 0 aliphatic rings. The van der Waals surface area contributed by atoms with Crippen LogP contribution in [0.25, 0.3) is 0 Å². The third-order valence-corrected chi connectivity index (χ3v) is 4.05. The van der Waals surface area contributed by atoms with Crippen LogP contribution in [0.5, 0.6) is 5.75 Å². The smallest absolute Gasteiger partial charge is 0.191 e. The first-order valence-corrected chi connectivity index (χ1v) is 9.27. The van der Waals surface area contributed by atoms with Gasteiger partial charge in [0.2, 0.25) is 0 Å². The van der Waals surface area contributed by atoms with Crippen molar-refractivity contribution in [3.63, 3.8) is 0 Å². The second-order valence-electron chi connectivity index (χ2n) is 6.01. The Morgan fingerprint density at radius 2 is 1.93 bits per heavy atom. The van der Waals surface area contributed by atoms with Crippen molar-refractivity contribution < 1.29 is 9.47 Å². The fourth-order valence-corrected chi connectivity index (χ4v) is 2.53. The highest BCUT2D eigenvalue weighted by molar-refractivity contribution is 5.79. The summed E-state index contributed by atoms with van der Waals surface area (Å²) in [6.45, 7) is 5.72. The number of guanidine groups is 1. The van der Waals surface area contributed by atoms with Crippen LogP contribution < -0.4 is 15.4 Å². The van der Waals surface area contributed by atoms with E-state index in [1.807, 2.05) is 24.3 Å². The standard InChI is InChI=1S/C19H30N6O2/c1-4-18-24-23-15-25(18)12-11-21-19(20-10-5-13-26-2)22-14-16-6-8-17(27-3)9-7-16/h6-9,15H,4-5,10-14H2,1-3H3,(H2,20,21,22). The highest BCUT2D eigenvalue weighted by Gasteiger charge is 2.03. The van der Waals surface area contributed by atoms with Gasteiger partial charge in [-0.15, -0.1) is 10.2 Å². The summed E-state index contributed by atoms with van der Waals surface area (Å²) in [6.07, 6.45) is 3.56. The fourth-order valence-electron chi connectivity index (χ4n) is 2.53. The molecule has 0 amide bonds. The molecule has 0 saturated heterocycles. The summed E-state index contributed by atoms with van der Waals surface area (Å²) >= 11 is 0. The Morgan fingerprint density at radius 1 is 1.15 bits per heavy atom. The molecule has 0 fully saturated rings. The van der Waals surface area contributed by atoms with E-state index in [2.05, 4.69) is 37.3 Å². The Hall–Kier alpha value is -2.61. The van der Waals surface area contributed by atoms with Gasteiger partial charge in [-0.1, -0.05) is 19.1 Å². The van der Waals surface area contributed by atoms with Gasteiger partial charge >= 0.3 is 0 Å². The van der Waals surface area contributed by atoms with Crippen molar-refractivity contribution >= 4 is 5.96 Å². The molecule has 1 aromatic carbocycles. The number of hydrogen-bond donors (Lipinski definition) is 2. The molecule has 0 spiro atoms. The third kappa shape index (κ3) is 7.26. The largest absolute Gasteiger partial charge is 0.497 e. The molecule has 27 heavy (non-hydrogen) atoms. The van der Waals surface area contributed by atoms with Crippen LogP contribution in [0.2, 0.25) is 0 Å². The van der Waals surface area contributed by atoms with Crippen LogP contribution in [-0.2, 0) is 24.2 Å². The predicted octanol–water partition coefficient (Wildman–Crippen LogP) is 1.62. The number of aryl methyl sites for hydroxylation is 1. The molecular formula is C19H30N6O2. The Kier molecular flexibility index (Phi) is 9.12. The fraction of sp³-hybridized carbons (Fsp3) is 0.526. The lowest BCUT2D eigenvalue weighted by Gasteiger charge is -2.13. The quantitative estimate of drug-likeness (QED) is 0.353. The van der Waals surface area contributed by atoms with Gasteiger partial charge in [-0.2, -0.15) is 0 Å². The van der Waals surface area contributed by atoms with E-state index in [-0.39, 0.29) is 0 Å². The lowest BCUT2D eigenvalue weighted by Crippen LogP contribution is -2.39. The number of methoxy groups -OCH3 is 2. The molecule has 0 aliphatic carbocycles. The number of nitrogens with zero attached hydrogens (tertiary/aromatic N) is 4. The molecule has 0 radical (unpaired) electrons. The summed E-state index contributed by atoms with van der Waals surface area (Å²) in [6, 6.07) is 7.94. The van der Waals surface area contributed by atoms with Gasteiger partial charge in [-0.25, -0.2) is 4.99 Å². The van der Waals surface area contributed by atoms with Crippen molar-refractivity contribution in [1.82, 2.24) is 25.4 Å². The second-order valence-corrected chi connectivity index (χ2v) is 6.01. The van der Waals surface area contributed by atoms with Gasteiger partial charge in [0.1, 0.15) is 17.9 Å². The molecule has 8 heteroatoms. The van der Waals surface area contributed by atoms with Crippen molar-refractivity contribution in [3.05, 3.63) is 42.0 Å². The maximum absolute atomic E-state index is 5.19. The number of hydrogen-bond acceptors (Lipinski definition) is 5. The van der Waals surface area contributed by atoms with Crippen LogP contribution >= 0.6 is 0 Å². The minimum Gasteiger partial charge on any atom is -0.497 e. The van der Waals surface area contributed by atoms with Crippen LogP contribution in [0.3, 0.4) is 0 Å². The SMILES string of the molecule is CCc1nncn1CCNC(=NCc1ccc(OC)cc1)NCCCOC. The van der Waals surface area contributed by atoms with Crippen molar-refractivity contribution in [1.29, 1.82) is 0 Å². The van der Waals surface area contributed by atoms with Gasteiger partial charge in [0.15, 0.2) is 5.96 Å². The van der Waals surface area contributed by atoms with Gasteiger partial charge in [-0.3, -0.25) is 0 Å². The summed E-state index contributed by atoms with van der Waals surface area (Å²) in [5.74, 6) is 2.62. The van der Waals surface area contributed by atoms with E-state index in [9.17, 15) is 0 Å². The zero-order valence-electron chi connectivity index (χ0n) is 16.4. The molecule has 0 aliphatic heterocycles. The first-order chi connectivity index (χ1) is 13.3. The van der Waals surface area contributed by atoms with Crippen LogP contribution in [0, 0.1) is 0 Å². The maximum Gasteiger partial charge on any atom is 0.191 e. The van der Waals surface area contributed by atoms with Crippen molar-refractivity contribution in [2.24, 2.45) is 4.99 Å². The number of aliphatic imine (C=N–C) groups is 1. The lowest BCUT2D eigenvalue weighted by molar-refractivity contribution is 0.195. The second kappa shape index (κ2) is 11.9. The minimum absolute atomic E-state index is 0.594. The Labute approximate surface area is 161 Å². The zero-order valence-corrected chi connectivity index (χ0v) is 16.4. The van der Waals surface area contributed by atoms with Crippen LogP contribution in [0.15, 0.2) is 35.6 Å². The summed E-state index contributed by atoms with van der Waals surface area (Å²) in [5, 5.41) is 14.8. The van der Waals surface area contributed by atoms with Gasteiger partial charge in [0.25, 0.3) is 0 Å². The van der Waals surface area contributed by atoms with Crippen molar-refractivity contribution in [2.75, 3.05) is 33.9 Å². The van der Waals surface area contributed by atoms with Crippen molar-refractivity contribution in [3.8, 4) is 5.75 Å². The Balaban J connectivity index is 1.90. The van der Waals surface area contributed by atoms with E-state index in [1.54, 1.807) is 20.5 Å². The van der Waals surface area contributed by atoms with E-state index >= 15 is 0 Å². The molecule has 0 saturated carbocycles. The molecule has 0 bridgehead atoms. The van der Waals surface area contributed by atoms with E-state index in [0.29, 0.717) is 6.54 Å². The molecule has 0 unspecified atom stereocenters. The number of rotatable bonds is 11. The van der Waals surface area contributed by atoms with Crippen molar-refractivity contribution in [2.45, 2.75) is 32.9 Å².